The van der Waals surface area contributed by atoms with Crippen molar-refractivity contribution in [2.75, 3.05) is 7.11 Å². The van der Waals surface area contributed by atoms with E-state index in [9.17, 15) is 20.0 Å². The first kappa shape index (κ1) is 14.1. The van der Waals surface area contributed by atoms with Gasteiger partial charge in [0.15, 0.2) is 0 Å². The molecule has 0 bridgehead atoms. The van der Waals surface area contributed by atoms with E-state index in [-0.39, 0.29) is 17.7 Å². The molecule has 2 atom stereocenters. The van der Waals surface area contributed by atoms with E-state index in [1.165, 1.54) is 25.3 Å². The Bertz CT molecular complexity index is 446. The van der Waals surface area contributed by atoms with Gasteiger partial charge in [-0.25, -0.2) is 0 Å². The number of para-hydroxylation sites is 1. The Morgan fingerprint density at radius 1 is 1.50 bits per heavy atom. The van der Waals surface area contributed by atoms with E-state index in [0.717, 1.165) is 0 Å². The lowest BCUT2D eigenvalue weighted by Gasteiger charge is -2.17. The molecule has 0 spiro atoms. The van der Waals surface area contributed by atoms with Crippen LogP contribution in [0, 0.1) is 16.0 Å². The molecule has 0 fully saturated rings. The van der Waals surface area contributed by atoms with Gasteiger partial charge in [-0.05, 0) is 12.0 Å². The molecule has 1 N–H and O–H groups in total. The minimum absolute atomic E-state index is 0.00369. The highest BCUT2D eigenvalue weighted by molar-refractivity contribution is 5.69. The number of hydrogen-bond donors (Lipinski definition) is 1. The number of nitrogens with zero attached hydrogens (tertiary/aromatic N) is 1. The smallest absolute Gasteiger partial charge is 0.305 e. The van der Waals surface area contributed by atoms with E-state index in [1.807, 2.05) is 0 Å². The summed E-state index contributed by atoms with van der Waals surface area (Å²) in [6, 6.07) is 5.94. The predicted octanol–water partition coefficient (Wildman–Crippen LogP) is 1.83. The van der Waals surface area contributed by atoms with Gasteiger partial charge in [0, 0.05) is 6.07 Å². The van der Waals surface area contributed by atoms with Gasteiger partial charge in [-0.2, -0.15) is 0 Å². The summed E-state index contributed by atoms with van der Waals surface area (Å²) in [4.78, 5) is 21.4. The molecule has 18 heavy (non-hydrogen) atoms. The molecule has 1 rings (SSSR count). The van der Waals surface area contributed by atoms with Crippen LogP contribution >= 0.6 is 0 Å². The molecule has 0 saturated heterocycles. The van der Waals surface area contributed by atoms with Gasteiger partial charge in [0.1, 0.15) is 0 Å². The first-order valence-electron chi connectivity index (χ1n) is 5.45. The fourth-order valence-corrected chi connectivity index (χ4v) is 1.67. The third-order valence-electron chi connectivity index (χ3n) is 2.71. The van der Waals surface area contributed by atoms with Gasteiger partial charge in [0.25, 0.3) is 5.69 Å². The number of aliphatic hydroxyl groups excluding tert-OH is 1. The maximum absolute atomic E-state index is 11.1. The summed E-state index contributed by atoms with van der Waals surface area (Å²) in [5.74, 6) is -0.918. The Labute approximate surface area is 104 Å². The van der Waals surface area contributed by atoms with E-state index in [0.29, 0.717) is 0 Å². The molecule has 0 aliphatic carbocycles. The molecule has 1 aromatic rings. The van der Waals surface area contributed by atoms with Gasteiger partial charge in [0.2, 0.25) is 0 Å². The van der Waals surface area contributed by atoms with Crippen LogP contribution in [0.2, 0.25) is 0 Å². The van der Waals surface area contributed by atoms with Crippen molar-refractivity contribution in [2.45, 2.75) is 19.4 Å². The Morgan fingerprint density at radius 3 is 2.67 bits per heavy atom. The fraction of sp³-hybridized carbons (Fsp3) is 0.417. The second-order valence-corrected chi connectivity index (χ2v) is 4.02. The molecule has 1 aromatic carbocycles. The van der Waals surface area contributed by atoms with Crippen LogP contribution in [0.4, 0.5) is 5.69 Å². The summed E-state index contributed by atoms with van der Waals surface area (Å²) in [5.41, 5.74) is 0.0561. The number of benzene rings is 1. The lowest BCUT2D eigenvalue weighted by atomic mass is 9.93. The number of methoxy groups -OCH3 is 1. The standard InChI is InChI=1S/C12H15NO5/c1-8(7-11(14)18-2)12(15)9-5-3-4-6-10(9)13(16)17/h3-6,8,12,15H,7H2,1-2H3. The topological polar surface area (TPSA) is 89.7 Å². The normalized spacial score (nSPS) is 13.7. The van der Waals surface area contributed by atoms with Crippen LogP contribution in [-0.4, -0.2) is 23.1 Å². The zero-order chi connectivity index (χ0) is 13.7. The van der Waals surface area contributed by atoms with E-state index in [4.69, 9.17) is 0 Å². The monoisotopic (exact) mass is 253 g/mol. The summed E-state index contributed by atoms with van der Waals surface area (Å²) in [6.07, 6.45) is -1.07. The second kappa shape index (κ2) is 6.11. The lowest BCUT2D eigenvalue weighted by molar-refractivity contribution is -0.386. The van der Waals surface area contributed by atoms with Gasteiger partial charge in [0.05, 0.1) is 30.1 Å². The Kier molecular flexibility index (Phi) is 4.79. The van der Waals surface area contributed by atoms with E-state index < -0.39 is 22.9 Å². The summed E-state index contributed by atoms with van der Waals surface area (Å²) in [6.45, 7) is 1.64. The Hall–Kier alpha value is -1.95. The average Bonchev–Trinajstić information content (AvgIpc) is 2.37. The number of nitro groups is 1. The highest BCUT2D eigenvalue weighted by Gasteiger charge is 2.26. The molecule has 0 aliphatic heterocycles. The average molecular weight is 253 g/mol. The van der Waals surface area contributed by atoms with Crippen molar-refractivity contribution in [1.82, 2.24) is 0 Å². The van der Waals surface area contributed by atoms with Crippen molar-refractivity contribution in [3.05, 3.63) is 39.9 Å². The molecule has 0 heterocycles. The largest absolute Gasteiger partial charge is 0.469 e. The number of carbonyl (C=O) groups is 1. The van der Waals surface area contributed by atoms with Crippen LogP contribution in [0.15, 0.2) is 24.3 Å². The highest BCUT2D eigenvalue weighted by Crippen LogP contribution is 2.31. The van der Waals surface area contributed by atoms with Gasteiger partial charge in [-0.3, -0.25) is 14.9 Å². The van der Waals surface area contributed by atoms with Crippen molar-refractivity contribution in [3.63, 3.8) is 0 Å². The van der Waals surface area contributed by atoms with Gasteiger partial charge in [-0.1, -0.05) is 19.1 Å². The Morgan fingerprint density at radius 2 is 2.11 bits per heavy atom. The van der Waals surface area contributed by atoms with Crippen LogP contribution in [0.3, 0.4) is 0 Å². The molecule has 0 radical (unpaired) electrons. The molecule has 98 valence electrons. The molecule has 0 amide bonds. The number of rotatable bonds is 5. The van der Waals surface area contributed by atoms with Gasteiger partial charge < -0.3 is 9.84 Å². The fourth-order valence-electron chi connectivity index (χ4n) is 1.67. The van der Waals surface area contributed by atoms with E-state index in [2.05, 4.69) is 4.74 Å². The first-order valence-corrected chi connectivity index (χ1v) is 5.45. The number of aliphatic hydroxyl groups is 1. The van der Waals surface area contributed by atoms with E-state index >= 15 is 0 Å². The number of nitro benzene ring substituents is 1. The molecule has 2 unspecified atom stereocenters. The molecule has 6 nitrogen and oxygen atoms in total. The summed E-state index contributed by atoms with van der Waals surface area (Å²) in [5, 5.41) is 20.9. The van der Waals surface area contributed by atoms with Crippen molar-refractivity contribution in [2.24, 2.45) is 5.92 Å². The quantitative estimate of drug-likeness (QED) is 0.491. The minimum atomic E-state index is -1.08. The van der Waals surface area contributed by atoms with Gasteiger partial charge in [-0.15, -0.1) is 0 Å². The number of hydrogen-bond acceptors (Lipinski definition) is 5. The lowest BCUT2D eigenvalue weighted by Crippen LogP contribution is -2.16. The zero-order valence-electron chi connectivity index (χ0n) is 10.2. The number of esters is 1. The van der Waals surface area contributed by atoms with E-state index in [1.54, 1.807) is 13.0 Å². The second-order valence-electron chi connectivity index (χ2n) is 4.02. The minimum Gasteiger partial charge on any atom is -0.469 e. The molecule has 6 heteroatoms. The molecule has 0 saturated carbocycles. The molecular formula is C12H15NO5. The Balaban J connectivity index is 2.92. The summed E-state index contributed by atoms with van der Waals surface area (Å²) >= 11 is 0. The zero-order valence-corrected chi connectivity index (χ0v) is 10.2. The number of carbonyl (C=O) groups excluding carboxylic acids is 1. The van der Waals surface area contributed by atoms with Crippen molar-refractivity contribution in [1.29, 1.82) is 0 Å². The molecule has 0 aromatic heterocycles. The molecule has 0 aliphatic rings. The van der Waals surface area contributed by atoms with Gasteiger partial charge >= 0.3 is 5.97 Å². The first-order chi connectivity index (χ1) is 8.47. The van der Waals surface area contributed by atoms with Crippen LogP contribution in [0.5, 0.6) is 0 Å². The van der Waals surface area contributed by atoms with Crippen LogP contribution in [0.25, 0.3) is 0 Å². The summed E-state index contributed by atoms with van der Waals surface area (Å²) < 4.78 is 4.50. The van der Waals surface area contributed by atoms with Crippen LogP contribution in [-0.2, 0) is 9.53 Å². The number of ether oxygens (including phenoxy) is 1. The summed E-state index contributed by atoms with van der Waals surface area (Å²) in [7, 11) is 1.26. The maximum atomic E-state index is 11.1. The SMILES string of the molecule is COC(=O)CC(C)C(O)c1ccccc1[N+](=O)[O-]. The third-order valence-corrected chi connectivity index (χ3v) is 2.71. The predicted molar refractivity (Wildman–Crippen MR) is 63.9 cm³/mol. The third kappa shape index (κ3) is 3.27. The van der Waals surface area contributed by atoms with Crippen molar-refractivity contribution < 1.29 is 19.6 Å². The maximum Gasteiger partial charge on any atom is 0.305 e. The highest BCUT2D eigenvalue weighted by atomic mass is 16.6. The van der Waals surface area contributed by atoms with Crippen LogP contribution in [0.1, 0.15) is 25.0 Å². The van der Waals surface area contributed by atoms with Crippen molar-refractivity contribution in [3.8, 4) is 0 Å². The van der Waals surface area contributed by atoms with Crippen LogP contribution < -0.4 is 0 Å². The van der Waals surface area contributed by atoms with Crippen molar-refractivity contribution >= 4 is 11.7 Å². The molecular weight excluding hydrogens is 238 g/mol.